The predicted molar refractivity (Wildman–Crippen MR) is 67.7 cm³/mol. The first-order chi connectivity index (χ1) is 8.21. The molecule has 0 unspecified atom stereocenters. The van der Waals surface area contributed by atoms with Crippen molar-refractivity contribution in [2.24, 2.45) is 5.73 Å². The lowest BCUT2D eigenvalue weighted by atomic mass is 10.1. The summed E-state index contributed by atoms with van der Waals surface area (Å²) in [7, 11) is 0. The SMILES string of the molecule is NC=O.ONCC1=Cc2cc(Br)ccc2OC1. The van der Waals surface area contributed by atoms with Gasteiger partial charge in [0.15, 0.2) is 0 Å². The summed E-state index contributed by atoms with van der Waals surface area (Å²) in [6.45, 7) is 0.966. The third-order valence-electron chi connectivity index (χ3n) is 2.05. The smallest absolute Gasteiger partial charge is 0.204 e. The molecule has 0 atom stereocenters. The van der Waals surface area contributed by atoms with Gasteiger partial charge in [-0.2, -0.15) is 0 Å². The third-order valence-corrected chi connectivity index (χ3v) is 2.54. The van der Waals surface area contributed by atoms with E-state index in [0.717, 1.165) is 21.4 Å². The monoisotopic (exact) mass is 300 g/mol. The number of hydroxylamine groups is 1. The molecule has 6 heteroatoms. The molecule has 0 bridgehead atoms. The van der Waals surface area contributed by atoms with Gasteiger partial charge in [0.2, 0.25) is 6.41 Å². The molecule has 1 aliphatic heterocycles. The number of carbonyl (C=O) groups is 1. The highest BCUT2D eigenvalue weighted by Gasteiger charge is 2.10. The van der Waals surface area contributed by atoms with Crippen molar-refractivity contribution in [1.29, 1.82) is 0 Å². The van der Waals surface area contributed by atoms with Gasteiger partial charge in [-0.1, -0.05) is 15.9 Å². The molecule has 1 amide bonds. The Balaban J connectivity index is 0.000000437. The van der Waals surface area contributed by atoms with Gasteiger partial charge in [0.05, 0.1) is 0 Å². The maximum Gasteiger partial charge on any atom is 0.204 e. The number of ether oxygens (including phenoxy) is 1. The number of hydrogen-bond acceptors (Lipinski definition) is 4. The molecule has 92 valence electrons. The molecule has 0 aromatic heterocycles. The number of fused-ring (bicyclic) bond motifs is 1. The molecular weight excluding hydrogens is 288 g/mol. The van der Waals surface area contributed by atoms with Gasteiger partial charge < -0.3 is 15.7 Å². The van der Waals surface area contributed by atoms with Crippen LogP contribution in [0.2, 0.25) is 0 Å². The molecular formula is C11H13BrN2O3. The predicted octanol–water partition coefficient (Wildman–Crippen LogP) is 1.31. The van der Waals surface area contributed by atoms with Crippen LogP contribution in [-0.2, 0) is 4.79 Å². The van der Waals surface area contributed by atoms with Crippen molar-refractivity contribution in [1.82, 2.24) is 5.48 Å². The molecule has 1 aliphatic rings. The van der Waals surface area contributed by atoms with E-state index in [1.807, 2.05) is 24.3 Å². The summed E-state index contributed by atoms with van der Waals surface area (Å²) in [5, 5.41) is 8.57. The highest BCUT2D eigenvalue weighted by atomic mass is 79.9. The van der Waals surface area contributed by atoms with E-state index in [1.165, 1.54) is 0 Å². The first-order valence-corrected chi connectivity index (χ1v) is 5.64. The Hall–Kier alpha value is -1.37. The minimum atomic E-state index is 0.250. The largest absolute Gasteiger partial charge is 0.489 e. The van der Waals surface area contributed by atoms with Crippen LogP contribution < -0.4 is 16.0 Å². The summed E-state index contributed by atoms with van der Waals surface area (Å²) < 4.78 is 6.53. The highest BCUT2D eigenvalue weighted by molar-refractivity contribution is 9.10. The van der Waals surface area contributed by atoms with Gasteiger partial charge in [0, 0.05) is 16.6 Å². The number of nitrogens with two attached hydrogens (primary N) is 1. The molecule has 0 aliphatic carbocycles. The summed E-state index contributed by atoms with van der Waals surface area (Å²) in [4.78, 5) is 8.58. The fourth-order valence-corrected chi connectivity index (χ4v) is 1.78. The second kappa shape index (κ2) is 7.05. The van der Waals surface area contributed by atoms with Gasteiger partial charge in [-0.3, -0.25) is 4.79 Å². The van der Waals surface area contributed by atoms with Crippen LogP contribution in [-0.4, -0.2) is 24.8 Å². The Morgan fingerprint density at radius 2 is 2.29 bits per heavy atom. The number of rotatable bonds is 2. The minimum absolute atomic E-state index is 0.250. The van der Waals surface area contributed by atoms with Gasteiger partial charge >= 0.3 is 0 Å². The summed E-state index contributed by atoms with van der Waals surface area (Å²) in [5.74, 6) is 0.884. The molecule has 17 heavy (non-hydrogen) atoms. The van der Waals surface area contributed by atoms with Crippen LogP contribution in [0.5, 0.6) is 5.75 Å². The fraction of sp³-hybridized carbons (Fsp3) is 0.182. The average molecular weight is 301 g/mol. The van der Waals surface area contributed by atoms with Gasteiger partial charge in [0.25, 0.3) is 0 Å². The van der Waals surface area contributed by atoms with Gasteiger partial charge in [-0.25, -0.2) is 5.48 Å². The second-order valence-electron chi connectivity index (χ2n) is 3.24. The van der Waals surface area contributed by atoms with Crippen molar-refractivity contribution in [2.75, 3.05) is 13.2 Å². The zero-order chi connectivity index (χ0) is 12.7. The van der Waals surface area contributed by atoms with Crippen molar-refractivity contribution in [2.45, 2.75) is 0 Å². The van der Waals surface area contributed by atoms with Crippen LogP contribution in [0.15, 0.2) is 28.2 Å². The molecule has 2 rings (SSSR count). The first kappa shape index (κ1) is 13.7. The normalized spacial score (nSPS) is 12.5. The second-order valence-corrected chi connectivity index (χ2v) is 4.16. The highest BCUT2D eigenvalue weighted by Crippen LogP contribution is 2.28. The summed E-state index contributed by atoms with van der Waals surface area (Å²) in [6.07, 6.45) is 2.27. The minimum Gasteiger partial charge on any atom is -0.489 e. The first-order valence-electron chi connectivity index (χ1n) is 4.85. The maximum absolute atomic E-state index is 8.58. The number of benzene rings is 1. The topological polar surface area (TPSA) is 84.6 Å². The van der Waals surface area contributed by atoms with Gasteiger partial charge in [0.1, 0.15) is 12.4 Å². The van der Waals surface area contributed by atoms with Gasteiger partial charge in [-0.15, -0.1) is 0 Å². The van der Waals surface area contributed by atoms with Crippen LogP contribution in [0.1, 0.15) is 5.56 Å². The number of nitrogens with one attached hydrogen (secondary N) is 1. The lowest BCUT2D eigenvalue weighted by Gasteiger charge is -2.17. The molecule has 0 radical (unpaired) electrons. The molecule has 5 nitrogen and oxygen atoms in total. The van der Waals surface area contributed by atoms with Crippen molar-refractivity contribution in [3.8, 4) is 5.75 Å². The molecule has 1 aromatic rings. The van der Waals surface area contributed by atoms with E-state index in [0.29, 0.717) is 13.2 Å². The van der Waals surface area contributed by atoms with Crippen molar-refractivity contribution in [3.05, 3.63) is 33.8 Å². The van der Waals surface area contributed by atoms with E-state index in [9.17, 15) is 0 Å². The Labute approximate surface area is 107 Å². The van der Waals surface area contributed by atoms with Crippen LogP contribution in [0.25, 0.3) is 6.08 Å². The summed E-state index contributed by atoms with van der Waals surface area (Å²) in [6, 6.07) is 5.87. The van der Waals surface area contributed by atoms with Gasteiger partial charge in [-0.05, 0) is 29.8 Å². The standard InChI is InChI=1S/C10H10BrNO2.CH3NO/c11-9-1-2-10-8(4-9)3-7(5-12-13)6-14-10;2-1-3/h1-4,12-13H,5-6H2;1H,(H2,2,3). The Bertz CT molecular complexity index is 421. The van der Waals surface area contributed by atoms with E-state index in [1.54, 1.807) is 0 Å². The van der Waals surface area contributed by atoms with Crippen molar-refractivity contribution >= 4 is 28.4 Å². The van der Waals surface area contributed by atoms with Crippen LogP contribution in [0.3, 0.4) is 0 Å². The van der Waals surface area contributed by atoms with E-state index >= 15 is 0 Å². The average Bonchev–Trinajstić information content (AvgIpc) is 2.30. The number of primary amides is 1. The molecule has 0 spiro atoms. The Morgan fingerprint density at radius 3 is 2.94 bits per heavy atom. The third kappa shape index (κ3) is 4.18. The lowest BCUT2D eigenvalue weighted by molar-refractivity contribution is -0.106. The lowest BCUT2D eigenvalue weighted by Crippen LogP contribution is -2.18. The van der Waals surface area contributed by atoms with Crippen molar-refractivity contribution < 1.29 is 14.7 Å². The quantitative estimate of drug-likeness (QED) is 0.568. The maximum atomic E-state index is 8.58. The van der Waals surface area contributed by atoms with Crippen molar-refractivity contribution in [3.63, 3.8) is 0 Å². The van der Waals surface area contributed by atoms with Crippen LogP contribution in [0.4, 0.5) is 0 Å². The number of carbonyl (C=O) groups excluding carboxylic acids is 1. The Morgan fingerprint density at radius 1 is 1.59 bits per heavy atom. The van der Waals surface area contributed by atoms with E-state index in [4.69, 9.17) is 14.7 Å². The number of amides is 1. The van der Waals surface area contributed by atoms with E-state index in [-0.39, 0.29) is 6.41 Å². The van der Waals surface area contributed by atoms with Crippen LogP contribution >= 0.6 is 15.9 Å². The fourth-order valence-electron chi connectivity index (χ4n) is 1.40. The molecule has 0 saturated heterocycles. The number of halogens is 1. The zero-order valence-corrected chi connectivity index (χ0v) is 10.6. The summed E-state index contributed by atoms with van der Waals surface area (Å²) >= 11 is 3.40. The van der Waals surface area contributed by atoms with Crippen LogP contribution in [0, 0.1) is 0 Å². The Kier molecular flexibility index (Phi) is 5.68. The number of hydrogen-bond donors (Lipinski definition) is 3. The summed E-state index contributed by atoms with van der Waals surface area (Å²) in [5.41, 5.74) is 8.35. The molecule has 0 fully saturated rings. The molecule has 1 aromatic carbocycles. The molecule has 4 N–H and O–H groups in total. The van der Waals surface area contributed by atoms with E-state index in [2.05, 4.69) is 27.1 Å². The van der Waals surface area contributed by atoms with E-state index < -0.39 is 0 Å². The zero-order valence-electron chi connectivity index (χ0n) is 9.02. The molecule has 1 heterocycles. The molecule has 0 saturated carbocycles.